The van der Waals surface area contributed by atoms with Gasteiger partial charge < -0.3 is 10.6 Å². The summed E-state index contributed by atoms with van der Waals surface area (Å²) in [5.41, 5.74) is 13.2. The summed E-state index contributed by atoms with van der Waals surface area (Å²) in [4.78, 5) is 14.6. The van der Waals surface area contributed by atoms with Gasteiger partial charge in [0.05, 0.1) is 12.2 Å². The molecule has 3 heteroatoms. The lowest BCUT2D eigenvalue weighted by Crippen LogP contribution is -2.34. The van der Waals surface area contributed by atoms with Crippen molar-refractivity contribution >= 4 is 22.7 Å². The topological polar surface area (TPSA) is 46.3 Å². The number of carbonyl (C=O) groups excluding carboxylic acids is 1. The fourth-order valence-corrected chi connectivity index (χ4v) is 3.62. The van der Waals surface area contributed by atoms with Crippen molar-refractivity contribution in [1.82, 2.24) is 0 Å². The van der Waals surface area contributed by atoms with Crippen LogP contribution in [0.5, 0.6) is 0 Å². The minimum absolute atomic E-state index is 0.0955. The van der Waals surface area contributed by atoms with E-state index in [4.69, 9.17) is 5.73 Å². The second-order valence-electron chi connectivity index (χ2n) is 6.15. The van der Waals surface area contributed by atoms with Gasteiger partial charge in [-0.05, 0) is 41.2 Å². The number of nitrogens with zero attached hydrogens (tertiary/aromatic N) is 1. The Hall–Kier alpha value is -2.39. The Kier molecular flexibility index (Phi) is 3.50. The second-order valence-corrected chi connectivity index (χ2v) is 6.15. The highest BCUT2D eigenvalue weighted by molar-refractivity contribution is 6.05. The highest BCUT2D eigenvalue weighted by Crippen LogP contribution is 2.47. The molecule has 0 fully saturated rings. The van der Waals surface area contributed by atoms with Gasteiger partial charge in [-0.25, -0.2) is 0 Å². The van der Waals surface area contributed by atoms with Crippen LogP contribution in [0.2, 0.25) is 0 Å². The molecule has 2 aromatic carbocycles. The summed E-state index contributed by atoms with van der Waals surface area (Å²) in [5.74, 6) is 0.0955. The number of anilines is 1. The summed E-state index contributed by atoms with van der Waals surface area (Å²) < 4.78 is 0. The van der Waals surface area contributed by atoms with Crippen LogP contribution in [0, 0.1) is 0 Å². The van der Waals surface area contributed by atoms with E-state index in [2.05, 4.69) is 42.5 Å². The number of amides is 1. The normalized spacial score (nSPS) is 15.8. The van der Waals surface area contributed by atoms with Gasteiger partial charge in [-0.3, -0.25) is 4.79 Å². The van der Waals surface area contributed by atoms with Crippen LogP contribution in [-0.2, 0) is 11.3 Å². The van der Waals surface area contributed by atoms with Crippen molar-refractivity contribution in [3.63, 3.8) is 0 Å². The van der Waals surface area contributed by atoms with E-state index < -0.39 is 0 Å². The third-order valence-electron chi connectivity index (χ3n) is 4.84. The van der Waals surface area contributed by atoms with E-state index in [9.17, 15) is 4.79 Å². The quantitative estimate of drug-likeness (QED) is 0.921. The number of fused-ring (bicyclic) bond motifs is 4. The molecule has 0 saturated heterocycles. The van der Waals surface area contributed by atoms with Crippen molar-refractivity contribution in [3.8, 4) is 0 Å². The minimum Gasteiger partial charge on any atom is -0.330 e. The molecule has 1 aliphatic carbocycles. The Morgan fingerprint density at radius 1 is 0.957 bits per heavy atom. The number of benzene rings is 2. The molecule has 2 N–H and O–H groups in total. The van der Waals surface area contributed by atoms with Crippen LogP contribution in [0.1, 0.15) is 36.0 Å². The van der Waals surface area contributed by atoms with Crippen LogP contribution < -0.4 is 10.6 Å². The van der Waals surface area contributed by atoms with Crippen molar-refractivity contribution in [3.05, 3.63) is 65.2 Å². The maximum absolute atomic E-state index is 12.7. The zero-order chi connectivity index (χ0) is 15.8. The van der Waals surface area contributed by atoms with Gasteiger partial charge in [0.2, 0.25) is 5.91 Å². The molecule has 0 bridgehead atoms. The molecule has 0 saturated carbocycles. The van der Waals surface area contributed by atoms with Crippen molar-refractivity contribution in [2.45, 2.75) is 25.8 Å². The lowest BCUT2D eigenvalue weighted by Gasteiger charge is -2.35. The molecule has 4 rings (SSSR count). The predicted molar refractivity (Wildman–Crippen MR) is 93.8 cm³/mol. The second kappa shape index (κ2) is 5.67. The monoisotopic (exact) mass is 304 g/mol. The molecule has 116 valence electrons. The van der Waals surface area contributed by atoms with Crippen LogP contribution >= 0.6 is 0 Å². The lowest BCUT2D eigenvalue weighted by atomic mass is 9.77. The summed E-state index contributed by atoms with van der Waals surface area (Å²) in [6.45, 7) is 0.996. The summed E-state index contributed by atoms with van der Waals surface area (Å²) in [6, 6.07) is 16.7. The van der Waals surface area contributed by atoms with E-state index in [-0.39, 0.29) is 5.91 Å². The highest BCUT2D eigenvalue weighted by atomic mass is 16.2. The van der Waals surface area contributed by atoms with Crippen LogP contribution in [0.4, 0.5) is 5.69 Å². The zero-order valence-electron chi connectivity index (χ0n) is 13.1. The van der Waals surface area contributed by atoms with Gasteiger partial charge in [-0.15, -0.1) is 0 Å². The lowest BCUT2D eigenvalue weighted by molar-refractivity contribution is -0.118. The first-order chi connectivity index (χ1) is 11.3. The van der Waals surface area contributed by atoms with E-state index in [1.165, 1.54) is 27.8 Å². The molecule has 3 nitrogen and oxygen atoms in total. The summed E-state index contributed by atoms with van der Waals surface area (Å²) in [5, 5.41) is 0. The summed E-state index contributed by atoms with van der Waals surface area (Å²) in [6.07, 6.45) is 2.58. The number of rotatable bonds is 2. The Labute approximate surface area is 136 Å². The van der Waals surface area contributed by atoms with Gasteiger partial charge in [0, 0.05) is 18.5 Å². The van der Waals surface area contributed by atoms with E-state index in [1.807, 2.05) is 11.0 Å². The Balaban J connectivity index is 1.93. The fraction of sp³-hybridized carbons (Fsp3) is 0.250. The average Bonchev–Trinajstić information content (AvgIpc) is 2.53. The number of para-hydroxylation sites is 1. The smallest absolute Gasteiger partial charge is 0.228 e. The average molecular weight is 304 g/mol. The molecule has 0 spiro atoms. The largest absolute Gasteiger partial charge is 0.330 e. The van der Waals surface area contributed by atoms with Crippen LogP contribution in [-0.4, -0.2) is 12.5 Å². The predicted octanol–water partition coefficient (Wildman–Crippen LogP) is 3.59. The van der Waals surface area contributed by atoms with Crippen LogP contribution in [0.15, 0.2) is 48.5 Å². The van der Waals surface area contributed by atoms with E-state index in [1.54, 1.807) is 0 Å². The molecule has 0 unspecified atom stereocenters. The maximum atomic E-state index is 12.7. The zero-order valence-corrected chi connectivity index (χ0v) is 13.1. The molecule has 0 atom stereocenters. The molecule has 0 radical (unpaired) electrons. The first-order valence-corrected chi connectivity index (χ1v) is 8.19. The third kappa shape index (κ3) is 2.28. The molecular weight excluding hydrogens is 284 g/mol. The molecule has 2 aliphatic rings. The SMILES string of the molecule is NCCC(=O)N1Cc2ccccc2C2=C(CC2)c2ccccc21. The summed E-state index contributed by atoms with van der Waals surface area (Å²) >= 11 is 0. The van der Waals surface area contributed by atoms with Crippen LogP contribution in [0.3, 0.4) is 0 Å². The molecule has 2 aromatic rings. The van der Waals surface area contributed by atoms with Gasteiger partial charge in [-0.1, -0.05) is 42.5 Å². The van der Waals surface area contributed by atoms with Gasteiger partial charge in [-0.2, -0.15) is 0 Å². The number of hydrogen-bond donors (Lipinski definition) is 1. The molecule has 0 aromatic heterocycles. The number of allylic oxidation sites excluding steroid dienone is 2. The van der Waals surface area contributed by atoms with Crippen molar-refractivity contribution < 1.29 is 4.79 Å². The maximum Gasteiger partial charge on any atom is 0.228 e. The fourth-order valence-electron chi connectivity index (χ4n) is 3.62. The third-order valence-corrected chi connectivity index (χ3v) is 4.84. The molecular formula is C20H20N2O. The van der Waals surface area contributed by atoms with Gasteiger partial charge >= 0.3 is 0 Å². The Morgan fingerprint density at radius 3 is 2.35 bits per heavy atom. The standard InChI is InChI=1S/C20H20N2O/c21-12-11-20(23)22-13-14-5-1-2-6-15(14)16-9-10-17(16)18-7-3-4-8-19(18)22/h1-8H,9-13,21H2. The van der Waals surface area contributed by atoms with Gasteiger partial charge in [0.1, 0.15) is 0 Å². The first kappa shape index (κ1) is 14.2. The molecule has 1 heterocycles. The van der Waals surface area contributed by atoms with Crippen LogP contribution in [0.25, 0.3) is 11.1 Å². The van der Waals surface area contributed by atoms with E-state index >= 15 is 0 Å². The molecule has 1 aliphatic heterocycles. The molecule has 23 heavy (non-hydrogen) atoms. The van der Waals surface area contributed by atoms with Crippen molar-refractivity contribution in [2.75, 3.05) is 11.4 Å². The van der Waals surface area contributed by atoms with E-state index in [0.717, 1.165) is 18.5 Å². The first-order valence-electron chi connectivity index (χ1n) is 8.19. The number of nitrogens with two attached hydrogens (primary N) is 1. The van der Waals surface area contributed by atoms with Gasteiger partial charge in [0.15, 0.2) is 0 Å². The van der Waals surface area contributed by atoms with Gasteiger partial charge in [0.25, 0.3) is 0 Å². The van der Waals surface area contributed by atoms with Crippen molar-refractivity contribution in [2.24, 2.45) is 5.73 Å². The number of carbonyl (C=O) groups is 1. The minimum atomic E-state index is 0.0955. The Morgan fingerprint density at radius 2 is 1.61 bits per heavy atom. The number of hydrogen-bond acceptors (Lipinski definition) is 2. The summed E-state index contributed by atoms with van der Waals surface area (Å²) in [7, 11) is 0. The highest BCUT2D eigenvalue weighted by Gasteiger charge is 2.29. The van der Waals surface area contributed by atoms with E-state index in [0.29, 0.717) is 19.5 Å². The Bertz CT molecular complexity index is 807. The van der Waals surface area contributed by atoms with Crippen molar-refractivity contribution in [1.29, 1.82) is 0 Å². The molecule has 1 amide bonds.